The number of hydrogen-bond donors (Lipinski definition) is 1. The molecule has 0 spiro atoms. The van der Waals surface area contributed by atoms with E-state index in [9.17, 15) is 4.39 Å². The summed E-state index contributed by atoms with van der Waals surface area (Å²) in [5, 5.41) is 0. The molecule has 0 radical (unpaired) electrons. The molecule has 0 saturated carbocycles. The summed E-state index contributed by atoms with van der Waals surface area (Å²) in [6.07, 6.45) is 0. The van der Waals surface area contributed by atoms with Crippen LogP contribution in [0.5, 0.6) is 5.75 Å². The van der Waals surface area contributed by atoms with E-state index in [1.165, 1.54) is 13.2 Å². The second kappa shape index (κ2) is 5.20. The van der Waals surface area contributed by atoms with Crippen LogP contribution in [0.15, 0.2) is 12.1 Å². The number of methoxy groups -OCH3 is 1. The van der Waals surface area contributed by atoms with Gasteiger partial charge in [0, 0.05) is 18.7 Å². The summed E-state index contributed by atoms with van der Waals surface area (Å²) >= 11 is 5.36. The average molecular weight is 296 g/mol. The topological polar surface area (TPSA) is 29.9 Å². The molecule has 0 aliphatic carbocycles. The SMILES string of the molecule is COc1cc2c(cc1F)[nH]c(=S)n2CC(C)C(C)(C)C. The van der Waals surface area contributed by atoms with Gasteiger partial charge in [0.2, 0.25) is 0 Å². The maximum atomic E-state index is 13.7. The van der Waals surface area contributed by atoms with Gasteiger partial charge in [0.15, 0.2) is 16.3 Å². The van der Waals surface area contributed by atoms with Crippen molar-refractivity contribution >= 4 is 23.3 Å². The fourth-order valence-corrected chi connectivity index (χ4v) is 2.33. The van der Waals surface area contributed by atoms with Crippen molar-refractivity contribution in [2.75, 3.05) is 7.11 Å². The van der Waals surface area contributed by atoms with E-state index in [0.717, 1.165) is 12.1 Å². The van der Waals surface area contributed by atoms with E-state index in [1.807, 2.05) is 4.57 Å². The molecule has 1 aromatic heterocycles. The first-order valence-electron chi connectivity index (χ1n) is 6.70. The number of H-pyrrole nitrogens is 1. The van der Waals surface area contributed by atoms with Crippen molar-refractivity contribution in [2.45, 2.75) is 34.2 Å². The van der Waals surface area contributed by atoms with Crippen molar-refractivity contribution in [3.8, 4) is 5.75 Å². The first-order chi connectivity index (χ1) is 9.24. The number of ether oxygens (including phenoxy) is 1. The number of aromatic amines is 1. The lowest BCUT2D eigenvalue weighted by Crippen LogP contribution is -2.22. The van der Waals surface area contributed by atoms with Gasteiger partial charge in [-0.25, -0.2) is 4.39 Å². The molecule has 0 fully saturated rings. The first kappa shape index (κ1) is 15.0. The number of nitrogens with zero attached hydrogens (tertiary/aromatic N) is 1. The first-order valence-corrected chi connectivity index (χ1v) is 7.11. The van der Waals surface area contributed by atoms with Crippen molar-refractivity contribution in [1.29, 1.82) is 0 Å². The van der Waals surface area contributed by atoms with Crippen LogP contribution in [0.25, 0.3) is 11.0 Å². The van der Waals surface area contributed by atoms with Crippen LogP contribution < -0.4 is 4.74 Å². The summed E-state index contributed by atoms with van der Waals surface area (Å²) < 4.78 is 21.4. The molecule has 1 unspecified atom stereocenters. The summed E-state index contributed by atoms with van der Waals surface area (Å²) in [6, 6.07) is 3.13. The Balaban J connectivity index is 2.53. The summed E-state index contributed by atoms with van der Waals surface area (Å²) in [5.41, 5.74) is 1.77. The highest BCUT2D eigenvalue weighted by Crippen LogP contribution is 2.30. The van der Waals surface area contributed by atoms with Gasteiger partial charge < -0.3 is 14.3 Å². The molecule has 1 N–H and O–H groups in total. The summed E-state index contributed by atoms with van der Waals surface area (Å²) in [6.45, 7) is 9.60. The number of benzene rings is 1. The fourth-order valence-electron chi connectivity index (χ4n) is 2.04. The summed E-state index contributed by atoms with van der Waals surface area (Å²) in [5.74, 6) is 0.292. The second-order valence-corrected chi connectivity index (χ2v) is 6.70. The van der Waals surface area contributed by atoms with Crippen molar-refractivity contribution in [3.05, 3.63) is 22.7 Å². The van der Waals surface area contributed by atoms with Crippen molar-refractivity contribution in [2.24, 2.45) is 11.3 Å². The highest BCUT2D eigenvalue weighted by atomic mass is 32.1. The van der Waals surface area contributed by atoms with Gasteiger partial charge in [0.1, 0.15) is 0 Å². The normalized spacial score (nSPS) is 13.7. The lowest BCUT2D eigenvalue weighted by atomic mass is 9.82. The molecule has 1 atom stereocenters. The van der Waals surface area contributed by atoms with Gasteiger partial charge in [-0.2, -0.15) is 0 Å². The van der Waals surface area contributed by atoms with E-state index in [-0.39, 0.29) is 17.0 Å². The number of nitrogens with one attached hydrogen (secondary N) is 1. The molecule has 2 aromatic rings. The Labute approximate surface area is 123 Å². The number of hydrogen-bond acceptors (Lipinski definition) is 2. The molecule has 20 heavy (non-hydrogen) atoms. The van der Waals surface area contributed by atoms with Crippen molar-refractivity contribution in [1.82, 2.24) is 9.55 Å². The Bertz CT molecular complexity index is 681. The van der Waals surface area contributed by atoms with Gasteiger partial charge in [-0.05, 0) is 23.6 Å². The van der Waals surface area contributed by atoms with E-state index >= 15 is 0 Å². The van der Waals surface area contributed by atoms with Crippen LogP contribution in [0.4, 0.5) is 4.39 Å². The minimum atomic E-state index is -0.382. The molecule has 0 amide bonds. The molecule has 2 rings (SSSR count). The third-order valence-electron chi connectivity index (χ3n) is 3.98. The predicted octanol–water partition coefficient (Wildman–Crippen LogP) is 4.53. The summed E-state index contributed by atoms with van der Waals surface area (Å²) in [7, 11) is 1.47. The minimum absolute atomic E-state index is 0.183. The largest absolute Gasteiger partial charge is 0.494 e. The number of imidazole rings is 1. The standard InChI is InChI=1S/C15H21FN2OS/c1-9(15(2,3)4)8-18-12-7-13(19-5)10(16)6-11(12)17-14(18)20/h6-7,9H,8H2,1-5H3,(H,17,20). The van der Waals surface area contributed by atoms with Crippen LogP contribution >= 0.6 is 12.2 Å². The smallest absolute Gasteiger partial charge is 0.178 e. The number of halogens is 1. The molecular formula is C15H21FN2OS. The molecule has 1 aromatic carbocycles. The van der Waals surface area contributed by atoms with E-state index in [4.69, 9.17) is 17.0 Å². The molecule has 1 heterocycles. The minimum Gasteiger partial charge on any atom is -0.494 e. The monoisotopic (exact) mass is 296 g/mol. The molecule has 5 heteroatoms. The number of aromatic nitrogens is 2. The highest BCUT2D eigenvalue weighted by Gasteiger charge is 2.22. The number of fused-ring (bicyclic) bond motifs is 1. The van der Waals surface area contributed by atoms with Gasteiger partial charge >= 0.3 is 0 Å². The van der Waals surface area contributed by atoms with Crippen LogP contribution in [-0.2, 0) is 6.54 Å². The summed E-state index contributed by atoms with van der Waals surface area (Å²) in [4.78, 5) is 3.06. The Hall–Kier alpha value is -1.36. The van der Waals surface area contributed by atoms with Crippen LogP contribution in [-0.4, -0.2) is 16.7 Å². The van der Waals surface area contributed by atoms with Crippen LogP contribution in [0.2, 0.25) is 0 Å². The van der Waals surface area contributed by atoms with Gasteiger partial charge in [-0.3, -0.25) is 0 Å². The van der Waals surface area contributed by atoms with Gasteiger partial charge in [-0.15, -0.1) is 0 Å². The predicted molar refractivity (Wildman–Crippen MR) is 82.3 cm³/mol. The zero-order chi connectivity index (χ0) is 15.1. The van der Waals surface area contributed by atoms with E-state index < -0.39 is 0 Å². The third-order valence-corrected chi connectivity index (χ3v) is 4.30. The lowest BCUT2D eigenvalue weighted by Gasteiger charge is -2.27. The zero-order valence-electron chi connectivity index (χ0n) is 12.6. The zero-order valence-corrected chi connectivity index (χ0v) is 13.4. The second-order valence-electron chi connectivity index (χ2n) is 6.31. The van der Waals surface area contributed by atoms with Gasteiger partial charge in [0.05, 0.1) is 18.1 Å². The van der Waals surface area contributed by atoms with Crippen molar-refractivity contribution < 1.29 is 9.13 Å². The molecular weight excluding hydrogens is 275 g/mol. The molecule has 3 nitrogen and oxygen atoms in total. The van der Waals surface area contributed by atoms with E-state index in [0.29, 0.717) is 16.2 Å². The Morgan fingerprint density at radius 2 is 2.05 bits per heavy atom. The maximum absolute atomic E-state index is 13.7. The van der Waals surface area contributed by atoms with Crippen LogP contribution in [0.1, 0.15) is 27.7 Å². The Kier molecular flexibility index (Phi) is 3.91. The van der Waals surface area contributed by atoms with Crippen LogP contribution in [0.3, 0.4) is 0 Å². The molecule has 110 valence electrons. The number of rotatable bonds is 3. The fraction of sp³-hybridized carbons (Fsp3) is 0.533. The molecule has 0 aliphatic rings. The Morgan fingerprint density at radius 3 is 2.60 bits per heavy atom. The third kappa shape index (κ3) is 2.73. The average Bonchev–Trinajstić information content (AvgIpc) is 2.63. The highest BCUT2D eigenvalue weighted by molar-refractivity contribution is 7.71. The van der Waals surface area contributed by atoms with E-state index in [2.05, 4.69) is 32.7 Å². The van der Waals surface area contributed by atoms with Gasteiger partial charge in [-0.1, -0.05) is 27.7 Å². The molecule has 0 saturated heterocycles. The lowest BCUT2D eigenvalue weighted by molar-refractivity contribution is 0.234. The van der Waals surface area contributed by atoms with Crippen molar-refractivity contribution in [3.63, 3.8) is 0 Å². The van der Waals surface area contributed by atoms with E-state index in [1.54, 1.807) is 6.07 Å². The Morgan fingerprint density at radius 1 is 1.40 bits per heavy atom. The molecule has 0 bridgehead atoms. The molecule has 0 aliphatic heterocycles. The van der Waals surface area contributed by atoms with Gasteiger partial charge in [0.25, 0.3) is 0 Å². The maximum Gasteiger partial charge on any atom is 0.178 e. The van der Waals surface area contributed by atoms with Crippen LogP contribution in [0, 0.1) is 21.9 Å². The quantitative estimate of drug-likeness (QED) is 0.843.